The highest BCUT2D eigenvalue weighted by Gasteiger charge is 2.30. The molecule has 0 unspecified atom stereocenters. The number of ether oxygens (including phenoxy) is 1. The first-order valence-electron chi connectivity index (χ1n) is 13.4. The van der Waals surface area contributed by atoms with Crippen molar-refractivity contribution < 1.29 is 13.5 Å². The summed E-state index contributed by atoms with van der Waals surface area (Å²) in [5, 5.41) is 16.0. The van der Waals surface area contributed by atoms with Crippen LogP contribution in [0.3, 0.4) is 0 Å². The van der Waals surface area contributed by atoms with Crippen LogP contribution >= 0.6 is 11.8 Å². The lowest BCUT2D eigenvalue weighted by Gasteiger charge is -2.37. The van der Waals surface area contributed by atoms with Gasteiger partial charge < -0.3 is 23.5 Å². The number of benzene rings is 2. The molecular weight excluding hydrogens is 547 g/mol. The zero-order valence-corrected chi connectivity index (χ0v) is 23.3. The van der Waals surface area contributed by atoms with Gasteiger partial charge in [0.2, 0.25) is 22.4 Å². The molecular formula is C28H27FN8O3S. The summed E-state index contributed by atoms with van der Waals surface area (Å²) in [5.41, 5.74) is 1.84. The average molecular weight is 575 g/mol. The highest BCUT2D eigenvalue weighted by molar-refractivity contribution is 7.98. The number of hydrogen-bond acceptors (Lipinski definition) is 10. The van der Waals surface area contributed by atoms with Crippen LogP contribution in [0.5, 0.6) is 5.75 Å². The molecule has 210 valence electrons. The lowest BCUT2D eigenvalue weighted by molar-refractivity contribution is 0.245. The number of rotatable bonds is 6. The Bertz CT molecular complexity index is 1800. The Hall–Kier alpha value is -4.23. The molecule has 0 aliphatic carbocycles. The van der Waals surface area contributed by atoms with Gasteiger partial charge in [-0.3, -0.25) is 9.89 Å². The molecule has 1 atom stereocenters. The van der Waals surface area contributed by atoms with Crippen molar-refractivity contribution in [3.63, 3.8) is 0 Å². The van der Waals surface area contributed by atoms with E-state index in [0.29, 0.717) is 70.7 Å². The van der Waals surface area contributed by atoms with Gasteiger partial charge in [-0.05, 0) is 32.2 Å². The van der Waals surface area contributed by atoms with Gasteiger partial charge in [0.25, 0.3) is 0 Å². The van der Waals surface area contributed by atoms with Crippen LogP contribution in [0.2, 0.25) is 0 Å². The number of H-pyrrole nitrogens is 1. The lowest BCUT2D eigenvalue weighted by Crippen LogP contribution is -2.45. The van der Waals surface area contributed by atoms with Gasteiger partial charge in [0, 0.05) is 37.9 Å². The number of nitrogens with zero attached hydrogens (tertiary/aromatic N) is 7. The molecule has 1 saturated heterocycles. The number of halogens is 1. The maximum atomic E-state index is 15.6. The number of aromatic nitrogens is 6. The average Bonchev–Trinajstić information content (AvgIpc) is 3.66. The number of piperazine rings is 1. The third-order valence-corrected chi connectivity index (χ3v) is 8.33. The van der Waals surface area contributed by atoms with Crippen molar-refractivity contribution in [3.8, 4) is 28.6 Å². The van der Waals surface area contributed by atoms with Gasteiger partial charge >= 0.3 is 0 Å². The van der Waals surface area contributed by atoms with Crippen LogP contribution in [0.25, 0.3) is 33.7 Å². The van der Waals surface area contributed by atoms with Gasteiger partial charge in [-0.2, -0.15) is 0 Å². The molecule has 0 saturated carbocycles. The van der Waals surface area contributed by atoms with E-state index in [1.54, 1.807) is 6.20 Å². The lowest BCUT2D eigenvalue weighted by atomic mass is 10.0. The molecule has 0 bridgehead atoms. The summed E-state index contributed by atoms with van der Waals surface area (Å²) in [5.74, 6) is 1.50. The quantitative estimate of drug-likeness (QED) is 0.299. The topological polar surface area (TPSA) is 118 Å². The zero-order valence-electron chi connectivity index (χ0n) is 22.5. The molecule has 13 heteroatoms. The molecule has 7 rings (SSSR count). The minimum atomic E-state index is -0.462. The Labute approximate surface area is 238 Å². The molecule has 2 aromatic carbocycles. The van der Waals surface area contributed by atoms with E-state index in [2.05, 4.69) is 37.3 Å². The van der Waals surface area contributed by atoms with Crippen molar-refractivity contribution in [2.45, 2.75) is 23.9 Å². The summed E-state index contributed by atoms with van der Waals surface area (Å²) in [6.07, 6.45) is 1.77. The summed E-state index contributed by atoms with van der Waals surface area (Å²) in [6.45, 7) is 5.38. The van der Waals surface area contributed by atoms with Gasteiger partial charge in [0.1, 0.15) is 12.3 Å². The van der Waals surface area contributed by atoms with Crippen LogP contribution in [-0.2, 0) is 5.75 Å². The predicted molar refractivity (Wildman–Crippen MR) is 153 cm³/mol. The Balaban J connectivity index is 1.19. The van der Waals surface area contributed by atoms with Gasteiger partial charge in [-0.25, -0.2) is 9.37 Å². The largest absolute Gasteiger partial charge is 0.487 e. The fraction of sp³-hybridized carbons (Fsp3) is 0.321. The van der Waals surface area contributed by atoms with Crippen molar-refractivity contribution in [3.05, 3.63) is 64.5 Å². The van der Waals surface area contributed by atoms with E-state index < -0.39 is 5.82 Å². The number of hydrogen-bond donors (Lipinski definition) is 1. The van der Waals surface area contributed by atoms with Crippen LogP contribution < -0.4 is 15.1 Å². The fourth-order valence-electron chi connectivity index (χ4n) is 5.27. The van der Waals surface area contributed by atoms with Gasteiger partial charge in [0.05, 0.1) is 28.3 Å². The second-order valence-electron chi connectivity index (χ2n) is 10.3. The molecule has 0 spiro atoms. The van der Waals surface area contributed by atoms with E-state index >= 15 is 4.39 Å². The predicted octanol–water partition coefficient (Wildman–Crippen LogP) is 3.97. The summed E-state index contributed by atoms with van der Waals surface area (Å²) in [6, 6.07) is 10.8. The first kappa shape index (κ1) is 25.7. The molecule has 5 aromatic rings. The number of thioether (sulfide) groups is 1. The van der Waals surface area contributed by atoms with Crippen molar-refractivity contribution in [2.75, 3.05) is 44.7 Å². The van der Waals surface area contributed by atoms with Crippen LogP contribution in [0.4, 0.5) is 10.1 Å². The van der Waals surface area contributed by atoms with Crippen LogP contribution in [0.15, 0.2) is 57.0 Å². The third kappa shape index (κ3) is 4.64. The zero-order chi connectivity index (χ0) is 28.1. The van der Waals surface area contributed by atoms with E-state index in [4.69, 9.17) is 9.15 Å². The fourth-order valence-corrected chi connectivity index (χ4v) is 5.91. The van der Waals surface area contributed by atoms with Gasteiger partial charge in [-0.1, -0.05) is 30.0 Å². The van der Waals surface area contributed by atoms with Crippen molar-refractivity contribution in [2.24, 2.45) is 0 Å². The van der Waals surface area contributed by atoms with Crippen molar-refractivity contribution >= 4 is 28.4 Å². The van der Waals surface area contributed by atoms with Gasteiger partial charge in [-0.15, -0.1) is 15.3 Å². The second kappa shape index (κ2) is 10.3. The van der Waals surface area contributed by atoms with Crippen LogP contribution in [0.1, 0.15) is 18.9 Å². The molecule has 11 nitrogen and oxygen atoms in total. The Morgan fingerprint density at radius 2 is 1.95 bits per heavy atom. The Kier molecular flexibility index (Phi) is 6.47. The molecule has 1 fully saturated rings. The van der Waals surface area contributed by atoms with Crippen molar-refractivity contribution in [1.29, 1.82) is 0 Å². The van der Waals surface area contributed by atoms with E-state index in [9.17, 15) is 4.79 Å². The van der Waals surface area contributed by atoms with E-state index in [-0.39, 0.29) is 16.9 Å². The minimum Gasteiger partial charge on any atom is -0.487 e. The Morgan fingerprint density at radius 1 is 1.15 bits per heavy atom. The van der Waals surface area contributed by atoms with E-state index in [1.165, 1.54) is 17.8 Å². The monoisotopic (exact) mass is 574 g/mol. The number of aromatic amines is 1. The minimum absolute atomic E-state index is 0.0664. The molecule has 2 aliphatic heterocycles. The maximum absolute atomic E-state index is 15.6. The number of nitrogens with one attached hydrogen (secondary N) is 1. The maximum Gasteiger partial charge on any atom is 0.247 e. The summed E-state index contributed by atoms with van der Waals surface area (Å²) < 4.78 is 29.5. The molecule has 41 heavy (non-hydrogen) atoms. The number of likely N-dealkylation sites (N-methyl/N-ethyl adjacent to an activating group) is 1. The normalized spacial score (nSPS) is 17.2. The SMILES string of the molecule is C[C@H]1COc2c(N3CCN(C)CC3)c(F)cc3c(=O)c(-c4nc(SCc5nnc(-c6ccccc6)o5)n[nH]4)cn1c23. The molecule has 1 N–H and O–H groups in total. The first-order chi connectivity index (χ1) is 20.0. The Morgan fingerprint density at radius 3 is 2.76 bits per heavy atom. The molecule has 5 heterocycles. The van der Waals surface area contributed by atoms with Crippen LogP contribution in [-0.4, -0.2) is 74.7 Å². The molecule has 3 aromatic heterocycles. The van der Waals surface area contributed by atoms with Crippen LogP contribution in [0, 0.1) is 5.82 Å². The standard InChI is InChI=1S/C28H27FN8O3S/c1-16-14-39-25-22-18(12-20(29)23(25)36-10-8-35(2)9-11-36)24(38)19(13-37(16)22)26-30-28(34-32-26)41-15-21-31-33-27(40-21)17-6-4-3-5-7-17/h3-7,12-13,16H,8-11,14-15H2,1-2H3,(H,30,32,34)/t16-/m0/s1. The summed E-state index contributed by atoms with van der Waals surface area (Å²) >= 11 is 1.30. The van der Waals surface area contributed by atoms with E-state index in [0.717, 1.165) is 18.7 Å². The van der Waals surface area contributed by atoms with E-state index in [1.807, 2.05) is 46.7 Å². The first-order valence-corrected chi connectivity index (χ1v) is 14.4. The summed E-state index contributed by atoms with van der Waals surface area (Å²) in [4.78, 5) is 22.5. The second-order valence-corrected chi connectivity index (χ2v) is 11.2. The number of pyridine rings is 1. The summed E-state index contributed by atoms with van der Waals surface area (Å²) in [7, 11) is 2.05. The van der Waals surface area contributed by atoms with Crippen molar-refractivity contribution in [1.82, 2.24) is 34.8 Å². The number of anilines is 1. The molecule has 0 radical (unpaired) electrons. The highest BCUT2D eigenvalue weighted by atomic mass is 32.2. The van der Waals surface area contributed by atoms with Gasteiger partial charge in [0.15, 0.2) is 17.4 Å². The smallest absolute Gasteiger partial charge is 0.247 e. The molecule has 0 amide bonds. The third-order valence-electron chi connectivity index (χ3n) is 7.49. The molecule has 2 aliphatic rings. The highest BCUT2D eigenvalue weighted by Crippen LogP contribution is 2.42.